The predicted octanol–water partition coefficient (Wildman–Crippen LogP) is 3.83. The Morgan fingerprint density at radius 2 is 2.08 bits per heavy atom. The molecule has 1 aliphatic heterocycles. The maximum atomic E-state index is 7.00. The Morgan fingerprint density at radius 1 is 1.32 bits per heavy atom. The maximum absolute atomic E-state index is 7.00. The van der Waals surface area contributed by atoms with Crippen LogP contribution < -0.4 is 4.72 Å². The van der Waals surface area contributed by atoms with Crippen LogP contribution in [0.25, 0.3) is 0 Å². The molecule has 3 rings (SSSR count). The molecule has 25 heavy (non-hydrogen) atoms. The maximum Gasteiger partial charge on any atom is 0.225 e. The Balaban J connectivity index is 0.00000109. The van der Waals surface area contributed by atoms with E-state index in [9.17, 15) is 0 Å². The number of aliphatic hydroxyl groups excluding tert-OH is 1. The number of rotatable bonds is 3. The van der Waals surface area contributed by atoms with E-state index in [0.717, 1.165) is 26.2 Å². The summed E-state index contributed by atoms with van der Waals surface area (Å²) in [6.07, 6.45) is 8.72. The van der Waals surface area contributed by atoms with Crippen LogP contribution in [0.2, 0.25) is 0 Å². The molecule has 6 heteroatoms. The van der Waals surface area contributed by atoms with Gasteiger partial charge in [-0.25, -0.2) is 5.01 Å². The minimum atomic E-state index is 0.280. The summed E-state index contributed by atoms with van der Waals surface area (Å²) >= 11 is 1.61. The lowest BCUT2D eigenvalue weighted by molar-refractivity contribution is 0.254. The topological polar surface area (TPSA) is 60.2 Å². The van der Waals surface area contributed by atoms with Crippen LogP contribution in [0.1, 0.15) is 44.6 Å². The number of nitrogens with one attached hydrogen (secondary N) is 1. The monoisotopic (exact) mass is 362 g/mol. The molecule has 0 saturated heterocycles. The first kappa shape index (κ1) is 19.8. The first-order valence-electron chi connectivity index (χ1n) is 9.02. The van der Waals surface area contributed by atoms with E-state index in [2.05, 4.69) is 64.2 Å². The van der Waals surface area contributed by atoms with Crippen LogP contribution in [-0.4, -0.2) is 42.5 Å². The summed E-state index contributed by atoms with van der Waals surface area (Å²) in [6.45, 7) is 5.90. The molecule has 1 heterocycles. The molecular weight excluding hydrogens is 332 g/mol. The molecule has 1 aliphatic carbocycles. The van der Waals surface area contributed by atoms with Gasteiger partial charge in [0.05, 0.1) is 6.54 Å². The summed E-state index contributed by atoms with van der Waals surface area (Å²) < 4.78 is 3.41. The molecule has 138 valence electrons. The van der Waals surface area contributed by atoms with Gasteiger partial charge in [0, 0.05) is 30.2 Å². The van der Waals surface area contributed by atoms with Crippen molar-refractivity contribution in [2.45, 2.75) is 50.8 Å². The zero-order chi connectivity index (χ0) is 18.1. The Kier molecular flexibility index (Phi) is 7.78. The van der Waals surface area contributed by atoms with E-state index in [0.29, 0.717) is 0 Å². The van der Waals surface area contributed by atoms with Gasteiger partial charge in [0.2, 0.25) is 5.96 Å². The van der Waals surface area contributed by atoms with Crippen molar-refractivity contribution in [1.82, 2.24) is 9.73 Å². The Hall–Kier alpha value is -1.53. The molecule has 5 nitrogen and oxygen atoms in total. The standard InChI is InChI=1S/C18H26N4S.CH4O/c1-3-19-17(21-23-16-9-7-8-15(2)12-16)22-14-18(13-20-22)10-5-4-6-11-18;1-2/h7-9,12-13H,3-6,10-11,14H2,1-2H3,(H,19,21);2H,1H3. The number of guanidine groups is 1. The number of aliphatic hydroxyl groups is 1. The van der Waals surface area contributed by atoms with Crippen molar-refractivity contribution >= 4 is 24.1 Å². The van der Waals surface area contributed by atoms with Crippen molar-refractivity contribution in [3.8, 4) is 0 Å². The predicted molar refractivity (Wildman–Crippen MR) is 107 cm³/mol. The molecule has 0 atom stereocenters. The fourth-order valence-corrected chi connectivity index (χ4v) is 4.12. The van der Waals surface area contributed by atoms with Gasteiger partial charge in [-0.2, -0.15) is 5.10 Å². The van der Waals surface area contributed by atoms with Gasteiger partial charge in [-0.3, -0.25) is 9.71 Å². The highest BCUT2D eigenvalue weighted by Gasteiger charge is 2.37. The second kappa shape index (κ2) is 9.82. The lowest BCUT2D eigenvalue weighted by Gasteiger charge is -2.31. The summed E-state index contributed by atoms with van der Waals surface area (Å²) in [5.74, 6) is 0.873. The van der Waals surface area contributed by atoms with Crippen molar-refractivity contribution in [3.63, 3.8) is 0 Å². The molecule has 1 aromatic rings. The third-order valence-electron chi connectivity index (χ3n) is 4.59. The minimum Gasteiger partial charge on any atom is -0.400 e. The number of hydrogen-bond donors (Lipinski definition) is 2. The number of benzene rings is 1. The fraction of sp³-hybridized carbons (Fsp3) is 0.579. The lowest BCUT2D eigenvalue weighted by atomic mass is 9.75. The van der Waals surface area contributed by atoms with Crippen LogP contribution in [0.15, 0.2) is 39.3 Å². The van der Waals surface area contributed by atoms with Gasteiger partial charge >= 0.3 is 0 Å². The van der Waals surface area contributed by atoms with Crippen molar-refractivity contribution in [2.75, 3.05) is 20.2 Å². The smallest absolute Gasteiger partial charge is 0.225 e. The first-order valence-corrected chi connectivity index (χ1v) is 9.84. The SMILES string of the molecule is CCN=C(NSc1cccc(C)c1)N1CC2(C=N1)CCCCC2.CO. The molecule has 1 saturated carbocycles. The van der Waals surface area contributed by atoms with Gasteiger partial charge in [-0.1, -0.05) is 31.4 Å². The van der Waals surface area contributed by atoms with Gasteiger partial charge < -0.3 is 5.11 Å². The lowest BCUT2D eigenvalue weighted by Crippen LogP contribution is -2.39. The minimum absolute atomic E-state index is 0.280. The first-order chi connectivity index (χ1) is 12.2. The van der Waals surface area contributed by atoms with Gasteiger partial charge in [0.15, 0.2) is 0 Å². The summed E-state index contributed by atoms with van der Waals surface area (Å²) in [5, 5.41) is 13.7. The summed E-state index contributed by atoms with van der Waals surface area (Å²) in [4.78, 5) is 5.82. The largest absolute Gasteiger partial charge is 0.400 e. The van der Waals surface area contributed by atoms with E-state index < -0.39 is 0 Å². The highest BCUT2D eigenvalue weighted by atomic mass is 32.2. The van der Waals surface area contributed by atoms with E-state index >= 15 is 0 Å². The average molecular weight is 363 g/mol. The van der Waals surface area contributed by atoms with Crippen molar-refractivity contribution in [3.05, 3.63) is 29.8 Å². The van der Waals surface area contributed by atoms with Crippen molar-refractivity contribution in [2.24, 2.45) is 15.5 Å². The molecule has 0 unspecified atom stereocenters. The van der Waals surface area contributed by atoms with E-state index in [-0.39, 0.29) is 5.41 Å². The quantitative estimate of drug-likeness (QED) is 0.487. The van der Waals surface area contributed by atoms with Crippen LogP contribution in [0, 0.1) is 12.3 Å². The molecular formula is C19H30N4OS. The van der Waals surface area contributed by atoms with Crippen LogP contribution in [0.4, 0.5) is 0 Å². The van der Waals surface area contributed by atoms with Gasteiger partial charge in [-0.05, 0) is 56.3 Å². The highest BCUT2D eigenvalue weighted by molar-refractivity contribution is 7.98. The third-order valence-corrected chi connectivity index (χ3v) is 5.36. The molecule has 1 fully saturated rings. The number of aliphatic imine (C=N–C) groups is 1. The Labute approximate surface area is 155 Å². The zero-order valence-electron chi connectivity index (χ0n) is 15.5. The van der Waals surface area contributed by atoms with E-state index in [1.54, 1.807) is 11.9 Å². The third kappa shape index (κ3) is 5.47. The molecule has 0 radical (unpaired) electrons. The summed E-state index contributed by atoms with van der Waals surface area (Å²) in [6, 6.07) is 8.49. The number of hydrogen-bond acceptors (Lipinski definition) is 4. The fourth-order valence-electron chi connectivity index (χ4n) is 3.34. The van der Waals surface area contributed by atoms with Gasteiger partial charge in [0.25, 0.3) is 0 Å². The summed E-state index contributed by atoms with van der Waals surface area (Å²) in [7, 11) is 1.00. The average Bonchev–Trinajstić information content (AvgIpc) is 3.04. The van der Waals surface area contributed by atoms with E-state index in [4.69, 9.17) is 5.11 Å². The molecule has 0 bridgehead atoms. The van der Waals surface area contributed by atoms with E-state index in [1.807, 2.05) is 0 Å². The highest BCUT2D eigenvalue weighted by Crippen LogP contribution is 2.38. The molecule has 0 amide bonds. The zero-order valence-corrected chi connectivity index (χ0v) is 16.4. The van der Waals surface area contributed by atoms with Gasteiger partial charge in [0.1, 0.15) is 0 Å². The molecule has 2 aliphatic rings. The number of hydrazone groups is 1. The van der Waals surface area contributed by atoms with E-state index in [1.165, 1.54) is 42.6 Å². The second-order valence-corrected chi connectivity index (χ2v) is 7.42. The van der Waals surface area contributed by atoms with Crippen molar-refractivity contribution in [1.29, 1.82) is 0 Å². The summed E-state index contributed by atoms with van der Waals surface area (Å²) in [5.41, 5.74) is 1.55. The number of aryl methyl sites for hydroxylation is 1. The molecule has 1 spiro atoms. The Morgan fingerprint density at radius 3 is 2.76 bits per heavy atom. The molecule has 2 N–H and O–H groups in total. The van der Waals surface area contributed by atoms with Crippen LogP contribution in [0.3, 0.4) is 0 Å². The van der Waals surface area contributed by atoms with Crippen LogP contribution in [-0.2, 0) is 0 Å². The van der Waals surface area contributed by atoms with Crippen LogP contribution in [0.5, 0.6) is 0 Å². The van der Waals surface area contributed by atoms with Crippen LogP contribution >= 0.6 is 11.9 Å². The second-order valence-electron chi connectivity index (χ2n) is 6.54. The molecule has 1 aromatic carbocycles. The van der Waals surface area contributed by atoms with Gasteiger partial charge in [-0.15, -0.1) is 0 Å². The normalized spacial score (nSPS) is 18.9. The Bertz CT molecular complexity index is 597. The number of nitrogens with zero attached hydrogens (tertiary/aromatic N) is 3. The molecule has 0 aromatic heterocycles. The van der Waals surface area contributed by atoms with Crippen molar-refractivity contribution < 1.29 is 5.11 Å².